The third kappa shape index (κ3) is 7.45. The van der Waals surface area contributed by atoms with Crippen molar-refractivity contribution in [3.63, 3.8) is 0 Å². The number of amides is 3. The minimum Gasteiger partial charge on any atom is -0.350 e. The van der Waals surface area contributed by atoms with Gasteiger partial charge >= 0.3 is 0 Å². The summed E-state index contributed by atoms with van der Waals surface area (Å²) >= 11 is 0. The summed E-state index contributed by atoms with van der Waals surface area (Å²) in [6.45, 7) is 1.95. The van der Waals surface area contributed by atoms with E-state index in [0.717, 1.165) is 10.5 Å². The molecule has 0 aromatic heterocycles. The lowest BCUT2D eigenvalue weighted by molar-refractivity contribution is -0.147. The number of likely N-dealkylation sites (tertiary alicyclic amines) is 1. The second kappa shape index (κ2) is 9.58. The molecule has 1 saturated heterocycles. The van der Waals surface area contributed by atoms with Gasteiger partial charge in [-0.25, -0.2) is 0 Å². The largest absolute Gasteiger partial charge is 0.350 e. The molecule has 27 heavy (non-hydrogen) atoms. The van der Waals surface area contributed by atoms with Crippen molar-refractivity contribution >= 4 is 27.8 Å². The number of nitrogens with one attached hydrogen (secondary N) is 1. The van der Waals surface area contributed by atoms with Gasteiger partial charge in [0, 0.05) is 6.54 Å². The zero-order valence-corrected chi connectivity index (χ0v) is 16.6. The van der Waals surface area contributed by atoms with Crippen LogP contribution in [0.1, 0.15) is 18.9 Å². The molecular formula is C17H25N3O6S. The molecule has 1 aromatic carbocycles. The van der Waals surface area contributed by atoms with Crippen LogP contribution in [0.3, 0.4) is 0 Å². The predicted molar refractivity (Wildman–Crippen MR) is 99.2 cm³/mol. The Morgan fingerprint density at radius 2 is 1.81 bits per heavy atom. The minimum atomic E-state index is -3.67. The number of benzene rings is 1. The van der Waals surface area contributed by atoms with Crippen LogP contribution in [0.5, 0.6) is 0 Å². The Kier molecular flexibility index (Phi) is 8.07. The Bertz CT molecular complexity index is 771. The Labute approximate surface area is 159 Å². The second-order valence-corrected chi connectivity index (χ2v) is 7.86. The fourth-order valence-electron chi connectivity index (χ4n) is 2.49. The highest BCUT2D eigenvalue weighted by atomic mass is 32.2. The predicted octanol–water partition coefficient (Wildman–Crippen LogP) is -0.116. The minimum absolute atomic E-state index is 0.127. The molecule has 2 atom stereocenters. The zero-order valence-electron chi connectivity index (χ0n) is 15.7. The highest BCUT2D eigenvalue weighted by Crippen LogP contribution is 2.19. The standard InChI is InChI=1S/C16H21N3O3.CH4O3S/c1-11(15(21)17-10-12-7-5-4-6-8-12)19-14(20)9-13(16(19)22)18(2)3;1-5(2,3)4/h4-8,11,13H,9-10H2,1-3H3,(H,17,21);1H3,(H,2,3,4)/t11-,13?;/m0./s1. The summed E-state index contributed by atoms with van der Waals surface area (Å²) in [5.74, 6) is -0.937. The van der Waals surface area contributed by atoms with E-state index in [1.165, 1.54) is 0 Å². The first-order chi connectivity index (χ1) is 12.4. The first kappa shape index (κ1) is 22.7. The molecule has 1 aliphatic heterocycles. The van der Waals surface area contributed by atoms with Gasteiger partial charge in [0.15, 0.2) is 0 Å². The summed E-state index contributed by atoms with van der Waals surface area (Å²) in [6.07, 6.45) is 0.842. The number of hydrogen-bond acceptors (Lipinski definition) is 6. The van der Waals surface area contributed by atoms with Crippen molar-refractivity contribution in [2.75, 3.05) is 20.4 Å². The Balaban J connectivity index is 0.000000646. The molecule has 150 valence electrons. The number of rotatable bonds is 5. The number of imide groups is 1. The van der Waals surface area contributed by atoms with E-state index in [1.54, 1.807) is 25.9 Å². The summed E-state index contributed by atoms with van der Waals surface area (Å²) in [5.41, 5.74) is 0.966. The quantitative estimate of drug-likeness (QED) is 0.523. The van der Waals surface area contributed by atoms with E-state index in [-0.39, 0.29) is 24.1 Å². The summed E-state index contributed by atoms with van der Waals surface area (Å²) in [6, 6.07) is 8.21. The van der Waals surface area contributed by atoms with Crippen LogP contribution in [0.25, 0.3) is 0 Å². The van der Waals surface area contributed by atoms with Crippen LogP contribution in [-0.2, 0) is 31.0 Å². The molecule has 3 amide bonds. The lowest BCUT2D eigenvalue weighted by Gasteiger charge is -2.23. The Hall–Kier alpha value is -2.30. The number of carbonyl (C=O) groups is 3. The van der Waals surface area contributed by atoms with Gasteiger partial charge in [-0.05, 0) is 26.6 Å². The van der Waals surface area contributed by atoms with Crippen LogP contribution in [0.2, 0.25) is 0 Å². The fraction of sp³-hybridized carbons (Fsp3) is 0.471. The Morgan fingerprint density at radius 1 is 1.30 bits per heavy atom. The first-order valence-electron chi connectivity index (χ1n) is 8.18. The van der Waals surface area contributed by atoms with Crippen LogP contribution < -0.4 is 5.32 Å². The van der Waals surface area contributed by atoms with Crippen LogP contribution >= 0.6 is 0 Å². The maximum Gasteiger partial charge on any atom is 0.261 e. The molecule has 1 heterocycles. The van der Waals surface area contributed by atoms with Crippen molar-refractivity contribution in [2.24, 2.45) is 0 Å². The van der Waals surface area contributed by atoms with Crippen molar-refractivity contribution in [3.8, 4) is 0 Å². The lowest BCUT2D eigenvalue weighted by atomic mass is 10.2. The van der Waals surface area contributed by atoms with Crippen LogP contribution in [0, 0.1) is 0 Å². The van der Waals surface area contributed by atoms with Crippen molar-refractivity contribution in [1.29, 1.82) is 0 Å². The van der Waals surface area contributed by atoms with Gasteiger partial charge in [0.1, 0.15) is 6.04 Å². The van der Waals surface area contributed by atoms with Crippen molar-refractivity contribution < 1.29 is 27.4 Å². The molecule has 0 bridgehead atoms. The summed E-state index contributed by atoms with van der Waals surface area (Å²) < 4.78 is 25.9. The molecule has 0 saturated carbocycles. The van der Waals surface area contributed by atoms with Gasteiger partial charge < -0.3 is 5.32 Å². The van der Waals surface area contributed by atoms with Crippen LogP contribution in [0.4, 0.5) is 0 Å². The monoisotopic (exact) mass is 399 g/mol. The van der Waals surface area contributed by atoms with Gasteiger partial charge in [0.25, 0.3) is 10.1 Å². The Morgan fingerprint density at radius 3 is 2.26 bits per heavy atom. The molecule has 0 aliphatic carbocycles. The molecule has 0 radical (unpaired) electrons. The molecule has 9 nitrogen and oxygen atoms in total. The molecule has 2 N–H and O–H groups in total. The molecule has 10 heteroatoms. The van der Waals surface area contributed by atoms with Crippen LogP contribution in [-0.4, -0.2) is 72.9 Å². The molecule has 1 fully saturated rings. The third-order valence-corrected chi connectivity index (χ3v) is 3.86. The second-order valence-electron chi connectivity index (χ2n) is 6.40. The molecule has 1 aromatic rings. The molecule has 0 spiro atoms. The normalized spacial score (nSPS) is 18.1. The van der Waals surface area contributed by atoms with Gasteiger partial charge in [-0.3, -0.25) is 28.7 Å². The van der Waals surface area contributed by atoms with E-state index in [4.69, 9.17) is 4.55 Å². The van der Waals surface area contributed by atoms with E-state index in [0.29, 0.717) is 12.8 Å². The van der Waals surface area contributed by atoms with Crippen LogP contribution in [0.15, 0.2) is 30.3 Å². The summed E-state index contributed by atoms with van der Waals surface area (Å²) in [7, 11) is -0.168. The smallest absolute Gasteiger partial charge is 0.261 e. The van der Waals surface area contributed by atoms with Gasteiger partial charge in [-0.1, -0.05) is 30.3 Å². The van der Waals surface area contributed by atoms with Gasteiger partial charge in [0.2, 0.25) is 17.7 Å². The third-order valence-electron chi connectivity index (χ3n) is 3.86. The number of likely N-dealkylation sites (N-methyl/N-ethyl adjacent to an activating group) is 1. The SMILES string of the molecule is CS(=O)(=O)O.C[C@@H](C(=O)NCc1ccccc1)N1C(=O)CC(N(C)C)C1=O. The average Bonchev–Trinajstić information content (AvgIpc) is 2.86. The topological polar surface area (TPSA) is 124 Å². The van der Waals surface area contributed by atoms with Gasteiger partial charge in [-0.15, -0.1) is 0 Å². The number of carbonyl (C=O) groups excluding carboxylic acids is 3. The molecule has 1 aliphatic rings. The number of hydrogen-bond donors (Lipinski definition) is 2. The van der Waals surface area contributed by atoms with Crippen molar-refractivity contribution in [3.05, 3.63) is 35.9 Å². The highest BCUT2D eigenvalue weighted by molar-refractivity contribution is 7.85. The van der Waals surface area contributed by atoms with E-state index in [1.807, 2.05) is 30.3 Å². The maximum absolute atomic E-state index is 12.3. The molecule has 2 rings (SSSR count). The van der Waals surface area contributed by atoms with Gasteiger partial charge in [0.05, 0.1) is 18.7 Å². The first-order valence-corrected chi connectivity index (χ1v) is 10.0. The average molecular weight is 399 g/mol. The highest BCUT2D eigenvalue weighted by Gasteiger charge is 2.43. The van der Waals surface area contributed by atoms with E-state index < -0.39 is 22.2 Å². The van der Waals surface area contributed by atoms with E-state index in [9.17, 15) is 22.8 Å². The lowest BCUT2D eigenvalue weighted by Crippen LogP contribution is -2.49. The number of nitrogens with zero attached hydrogens (tertiary/aromatic N) is 2. The molecule has 1 unspecified atom stereocenters. The summed E-state index contributed by atoms with van der Waals surface area (Å²) in [4.78, 5) is 39.3. The van der Waals surface area contributed by atoms with Gasteiger partial charge in [-0.2, -0.15) is 8.42 Å². The van der Waals surface area contributed by atoms with E-state index in [2.05, 4.69) is 5.32 Å². The fourth-order valence-corrected chi connectivity index (χ4v) is 2.49. The van der Waals surface area contributed by atoms with E-state index >= 15 is 0 Å². The molecular weight excluding hydrogens is 374 g/mol. The van der Waals surface area contributed by atoms with Crippen molar-refractivity contribution in [1.82, 2.24) is 15.1 Å². The maximum atomic E-state index is 12.3. The van der Waals surface area contributed by atoms with Crippen molar-refractivity contribution in [2.45, 2.75) is 32.0 Å². The zero-order chi connectivity index (χ0) is 20.8. The summed E-state index contributed by atoms with van der Waals surface area (Å²) in [5, 5.41) is 2.76.